The maximum Gasteiger partial charge on any atom is 0.275 e. The maximum absolute atomic E-state index is 4.98. The van der Waals surface area contributed by atoms with Gasteiger partial charge in [-0.15, -0.1) is 8.46 Å². The molecule has 0 aromatic rings. The third-order valence-electron chi connectivity index (χ3n) is 0.566. The lowest BCUT2D eigenvalue weighted by atomic mass is 10.2. The van der Waals surface area contributed by atoms with E-state index in [-0.39, 0.29) is 0 Å². The molecule has 1 atom stereocenters. The van der Waals surface area contributed by atoms with E-state index in [1.165, 1.54) is 18.0 Å². The Kier molecular flexibility index (Phi) is 2.85. The fourth-order valence-corrected chi connectivity index (χ4v) is 2.03. The highest BCUT2D eigenvalue weighted by atomic mass is 32.2. The summed E-state index contributed by atoms with van der Waals surface area (Å²) in [7, 11) is 1.10. The minimum atomic E-state index is 0.774. The van der Waals surface area contributed by atoms with Gasteiger partial charge in [0.25, 0.3) is 5.71 Å². The maximum atomic E-state index is 4.98. The molecule has 0 amide bonds. The fourth-order valence-electron chi connectivity index (χ4n) is 0.186. The van der Waals surface area contributed by atoms with E-state index in [0.29, 0.717) is 0 Å². The summed E-state index contributed by atoms with van der Waals surface area (Å²) in [5.74, 6) is 0. The van der Waals surface area contributed by atoms with E-state index in [4.69, 9.17) is 8.77 Å². The van der Waals surface area contributed by atoms with Gasteiger partial charge >= 0.3 is 0 Å². The molecule has 0 bridgehead atoms. The van der Waals surface area contributed by atoms with Gasteiger partial charge in [-0.05, 0) is 18.0 Å². The SMILES string of the molecule is NSOSB1CP1. The Hall–Kier alpha value is 1.11. The van der Waals surface area contributed by atoms with Crippen molar-refractivity contribution in [2.45, 2.75) is 0 Å². The van der Waals surface area contributed by atoms with E-state index >= 15 is 0 Å². The van der Waals surface area contributed by atoms with Gasteiger partial charge in [0.05, 0.1) is 12.2 Å². The summed E-state index contributed by atoms with van der Waals surface area (Å²) < 4.78 is 4.78. The van der Waals surface area contributed by atoms with Crippen LogP contribution < -0.4 is 5.14 Å². The van der Waals surface area contributed by atoms with Crippen LogP contribution in [-0.4, -0.2) is 11.8 Å². The van der Waals surface area contributed by atoms with Gasteiger partial charge in [0.1, 0.15) is 0 Å². The van der Waals surface area contributed by atoms with Crippen LogP contribution in [0.15, 0.2) is 0 Å². The van der Waals surface area contributed by atoms with Crippen LogP contribution in [0.2, 0.25) is 0 Å². The van der Waals surface area contributed by atoms with Crippen LogP contribution in [0.4, 0.5) is 0 Å². The number of hydrogen-bond donors (Lipinski definition) is 1. The smallest absolute Gasteiger partial charge is 0.253 e. The van der Waals surface area contributed by atoms with Crippen molar-refractivity contribution in [3.8, 4) is 0 Å². The van der Waals surface area contributed by atoms with E-state index in [2.05, 4.69) is 0 Å². The van der Waals surface area contributed by atoms with Crippen LogP contribution in [0, 0.1) is 0 Å². The van der Waals surface area contributed by atoms with Gasteiger partial charge < -0.3 is 0 Å². The largest absolute Gasteiger partial charge is 0.275 e. The number of hydrogen-bond acceptors (Lipinski definition) is 4. The molecule has 0 aromatic heterocycles. The average molecular weight is 153 g/mol. The van der Waals surface area contributed by atoms with E-state index in [0.717, 1.165) is 26.4 Å². The molecule has 40 valence electrons. The molecule has 6 heteroatoms. The summed E-state index contributed by atoms with van der Waals surface area (Å²) in [6, 6.07) is 1.32. The zero-order valence-corrected chi connectivity index (χ0v) is 6.22. The zero-order chi connectivity index (χ0) is 5.11. The summed E-state index contributed by atoms with van der Waals surface area (Å²) in [6.45, 7) is 0. The monoisotopic (exact) mass is 153 g/mol. The fraction of sp³-hybridized carbons (Fsp3) is 1.00. The molecule has 1 aliphatic heterocycles. The second-order valence-corrected chi connectivity index (χ2v) is 4.59. The highest BCUT2D eigenvalue weighted by Gasteiger charge is 2.28. The third kappa shape index (κ3) is 2.83. The van der Waals surface area contributed by atoms with Crippen molar-refractivity contribution in [2.24, 2.45) is 5.14 Å². The molecular weight excluding hydrogens is 148 g/mol. The van der Waals surface area contributed by atoms with Gasteiger partial charge in [-0.25, -0.2) is 3.63 Å². The molecule has 0 radical (unpaired) electrons. The van der Waals surface area contributed by atoms with Crippen molar-refractivity contribution >= 4 is 38.3 Å². The Morgan fingerprint density at radius 1 is 1.86 bits per heavy atom. The molecule has 0 aromatic carbocycles. The van der Waals surface area contributed by atoms with Crippen LogP contribution >= 0.6 is 32.6 Å². The molecular formula is CH5BNOPS2. The second-order valence-electron chi connectivity index (χ2n) is 1.16. The minimum Gasteiger partial charge on any atom is -0.253 e. The molecule has 1 saturated heterocycles. The van der Waals surface area contributed by atoms with Gasteiger partial charge in [0.2, 0.25) is 0 Å². The van der Waals surface area contributed by atoms with Gasteiger partial charge in [0.15, 0.2) is 0 Å². The lowest BCUT2D eigenvalue weighted by Gasteiger charge is -1.87. The van der Waals surface area contributed by atoms with E-state index in [1.54, 1.807) is 0 Å². The first-order chi connectivity index (χ1) is 3.43. The quantitative estimate of drug-likeness (QED) is 0.282. The summed E-state index contributed by atoms with van der Waals surface area (Å²) in [5.41, 5.74) is 0.774. The van der Waals surface area contributed by atoms with Crippen molar-refractivity contribution in [2.75, 3.05) is 6.06 Å². The molecule has 1 unspecified atom stereocenters. The number of nitrogens with two attached hydrogens (primary N) is 1. The Balaban J connectivity index is 1.80. The van der Waals surface area contributed by atoms with Crippen LogP contribution in [0.1, 0.15) is 0 Å². The topological polar surface area (TPSA) is 35.2 Å². The van der Waals surface area contributed by atoms with Gasteiger partial charge in [-0.1, -0.05) is 0 Å². The van der Waals surface area contributed by atoms with Crippen LogP contribution in [0.25, 0.3) is 0 Å². The van der Waals surface area contributed by atoms with Crippen molar-refractivity contribution in [1.82, 2.24) is 0 Å². The van der Waals surface area contributed by atoms with Gasteiger partial charge in [-0.3, -0.25) is 5.14 Å². The average Bonchev–Trinajstić information content (AvgIpc) is 2.42. The molecule has 0 spiro atoms. The highest BCUT2D eigenvalue weighted by molar-refractivity contribution is 8.44. The van der Waals surface area contributed by atoms with Crippen molar-refractivity contribution in [3.63, 3.8) is 0 Å². The van der Waals surface area contributed by atoms with Gasteiger partial charge in [-0.2, -0.15) is 0 Å². The Bertz CT molecular complexity index is 61.7. The van der Waals surface area contributed by atoms with Crippen molar-refractivity contribution in [3.05, 3.63) is 0 Å². The summed E-state index contributed by atoms with van der Waals surface area (Å²) in [6.07, 6.45) is 0. The molecule has 1 heterocycles. The Labute approximate surface area is 53.6 Å². The predicted octanol–water partition coefficient (Wildman–Crippen LogP) is 0.893. The molecule has 1 aliphatic rings. The summed E-state index contributed by atoms with van der Waals surface area (Å²) in [4.78, 5) is 0. The first-order valence-corrected chi connectivity index (χ1v) is 4.75. The molecule has 0 aliphatic carbocycles. The summed E-state index contributed by atoms with van der Waals surface area (Å²) >= 11 is 2.43. The van der Waals surface area contributed by atoms with Gasteiger partial charge in [0, 0.05) is 0 Å². The second kappa shape index (κ2) is 3.20. The van der Waals surface area contributed by atoms with Crippen molar-refractivity contribution in [1.29, 1.82) is 0 Å². The van der Waals surface area contributed by atoms with E-state index in [9.17, 15) is 0 Å². The number of rotatable bonds is 3. The Morgan fingerprint density at radius 3 is 3.00 bits per heavy atom. The molecule has 7 heavy (non-hydrogen) atoms. The highest BCUT2D eigenvalue weighted by Crippen LogP contribution is 2.43. The van der Waals surface area contributed by atoms with Crippen LogP contribution in [0.3, 0.4) is 0 Å². The summed E-state index contributed by atoms with van der Waals surface area (Å²) in [5, 5.41) is 4.98. The van der Waals surface area contributed by atoms with Crippen LogP contribution in [0.5, 0.6) is 0 Å². The lowest BCUT2D eigenvalue weighted by molar-refractivity contribution is 0.771. The standard InChI is InChI=1S/CH5BNOPS2/c3-7-4-6-2-1-5-2/h5H,1,3H2. The lowest BCUT2D eigenvalue weighted by Crippen LogP contribution is -1.81. The van der Waals surface area contributed by atoms with E-state index < -0.39 is 0 Å². The van der Waals surface area contributed by atoms with E-state index in [1.807, 2.05) is 0 Å². The molecule has 1 fully saturated rings. The third-order valence-corrected chi connectivity index (χ3v) is 3.46. The minimum absolute atomic E-state index is 0.774. The predicted molar refractivity (Wildman–Crippen MR) is 39.4 cm³/mol. The normalized spacial score (nSPS) is 21.0. The molecule has 0 saturated carbocycles. The first kappa shape index (κ1) is 6.24. The molecule has 2 N–H and O–H groups in total. The zero-order valence-electron chi connectivity index (χ0n) is 3.59. The van der Waals surface area contributed by atoms with Crippen molar-refractivity contribution < 1.29 is 3.63 Å². The van der Waals surface area contributed by atoms with Crippen LogP contribution in [-0.2, 0) is 3.63 Å². The first-order valence-electron chi connectivity index (χ1n) is 1.86. The molecule has 1 rings (SSSR count). The Morgan fingerprint density at radius 2 is 2.57 bits per heavy atom. The molecule has 2 nitrogen and oxygen atoms in total.